The topological polar surface area (TPSA) is 110 Å². The van der Waals surface area contributed by atoms with Crippen molar-refractivity contribution >= 4 is 34.0 Å². The summed E-state index contributed by atoms with van der Waals surface area (Å²) in [4.78, 5) is 36.5. The van der Waals surface area contributed by atoms with Crippen LogP contribution in [0.5, 0.6) is 0 Å². The molecule has 2 atom stereocenters. The molecule has 2 N–H and O–H groups in total. The Labute approximate surface area is 184 Å². The predicted molar refractivity (Wildman–Crippen MR) is 102 cm³/mol. The quantitative estimate of drug-likeness (QED) is 0.319. The largest absolute Gasteiger partial charge is 0.490 e. The van der Waals surface area contributed by atoms with E-state index in [1.54, 1.807) is 24.3 Å². The summed E-state index contributed by atoms with van der Waals surface area (Å²) in [6.07, 6.45) is -15.5. The number of hydrogen-bond acceptors (Lipinski definition) is 6. The molecule has 0 aliphatic carbocycles. The number of alkyl halides is 6. The van der Waals surface area contributed by atoms with Crippen LogP contribution in [0.2, 0.25) is 0 Å². The summed E-state index contributed by atoms with van der Waals surface area (Å²) in [5.41, 5.74) is 0.958. The summed E-state index contributed by atoms with van der Waals surface area (Å²) in [6, 6.07) is 12.1. The van der Waals surface area contributed by atoms with Crippen molar-refractivity contribution in [3.05, 3.63) is 60.2 Å². The number of carbonyl (C=O) groups is 2. The molecule has 14 heteroatoms. The highest BCUT2D eigenvalue weighted by molar-refractivity contribution is 5.79. The molecular weight excluding hydrogens is 474 g/mol. The van der Waals surface area contributed by atoms with Crippen molar-refractivity contribution in [1.29, 1.82) is 0 Å². The van der Waals surface area contributed by atoms with Crippen LogP contribution < -0.4 is 0 Å². The average molecular weight is 486 g/mol. The maximum Gasteiger partial charge on any atom is 0.490 e. The molecule has 0 spiro atoms. The van der Waals surface area contributed by atoms with Crippen LogP contribution in [0.15, 0.2) is 48.5 Å². The molecular formula is C20H12F6N4O4. The first kappa shape index (κ1) is 23.1. The lowest BCUT2D eigenvalue weighted by Gasteiger charge is -2.25. The average Bonchev–Trinajstić information content (AvgIpc) is 3.38. The second kappa shape index (κ2) is 8.35. The standard InChI is InChI=1S/C20H12F6N4O4/c21-19(22,23)17(31)33-13(15-27-9-5-1-2-6-10(9)28-15)14(34-18(32)20(24,25)26)16-29-11-7-3-4-8-12(11)30-16/h1-8,13-14H,(H,27,28)(H,29,30)/t13-,14-/m1/s1. The molecule has 0 aliphatic rings. The van der Waals surface area contributed by atoms with Gasteiger partial charge in [0, 0.05) is 0 Å². The van der Waals surface area contributed by atoms with Crippen LogP contribution in [0.4, 0.5) is 26.3 Å². The van der Waals surface area contributed by atoms with Gasteiger partial charge >= 0.3 is 24.3 Å². The lowest BCUT2D eigenvalue weighted by Crippen LogP contribution is -2.34. The molecule has 2 heterocycles. The van der Waals surface area contributed by atoms with Crippen molar-refractivity contribution in [3.63, 3.8) is 0 Å². The zero-order chi connectivity index (χ0) is 24.7. The SMILES string of the molecule is O=C(O[C@@H](c1nc2ccccc2[nH]1)[C@@H](OC(=O)C(F)(F)F)c1nc2ccccc2[nH]1)C(F)(F)F. The zero-order valence-corrected chi connectivity index (χ0v) is 16.6. The molecule has 0 fully saturated rings. The maximum atomic E-state index is 13.0. The minimum Gasteiger partial charge on any atom is -0.443 e. The third-order valence-corrected chi connectivity index (χ3v) is 4.56. The molecule has 0 radical (unpaired) electrons. The van der Waals surface area contributed by atoms with E-state index in [-0.39, 0.29) is 22.1 Å². The van der Waals surface area contributed by atoms with Crippen LogP contribution in [0.3, 0.4) is 0 Å². The highest BCUT2D eigenvalue weighted by Crippen LogP contribution is 2.37. The van der Waals surface area contributed by atoms with Crippen LogP contribution in [0.1, 0.15) is 23.9 Å². The van der Waals surface area contributed by atoms with Gasteiger partial charge in [0.1, 0.15) is 0 Å². The molecule has 0 amide bonds. The number of halogens is 6. The Morgan fingerprint density at radius 1 is 0.676 bits per heavy atom. The minimum absolute atomic E-state index is 0.205. The van der Waals surface area contributed by atoms with Gasteiger partial charge in [-0.25, -0.2) is 19.6 Å². The molecule has 178 valence electrons. The van der Waals surface area contributed by atoms with Crippen LogP contribution in [-0.4, -0.2) is 44.2 Å². The summed E-state index contributed by atoms with van der Waals surface area (Å²) >= 11 is 0. The molecule has 4 aromatic rings. The molecule has 0 bridgehead atoms. The molecule has 2 aromatic heterocycles. The Kier molecular flexibility index (Phi) is 5.67. The van der Waals surface area contributed by atoms with E-state index in [0.29, 0.717) is 0 Å². The Balaban J connectivity index is 1.86. The van der Waals surface area contributed by atoms with E-state index in [2.05, 4.69) is 29.4 Å². The van der Waals surface area contributed by atoms with E-state index in [4.69, 9.17) is 0 Å². The van der Waals surface area contributed by atoms with E-state index < -0.39 is 48.1 Å². The van der Waals surface area contributed by atoms with Gasteiger partial charge in [-0.15, -0.1) is 0 Å². The first-order chi connectivity index (χ1) is 15.9. The monoisotopic (exact) mass is 486 g/mol. The number of para-hydroxylation sites is 4. The van der Waals surface area contributed by atoms with Crippen molar-refractivity contribution in [2.75, 3.05) is 0 Å². The van der Waals surface area contributed by atoms with Gasteiger partial charge < -0.3 is 19.4 Å². The number of aromatic nitrogens is 4. The highest BCUT2D eigenvalue weighted by atomic mass is 19.4. The number of nitrogens with zero attached hydrogens (tertiary/aromatic N) is 2. The van der Waals surface area contributed by atoms with Gasteiger partial charge in [0.25, 0.3) is 0 Å². The van der Waals surface area contributed by atoms with Gasteiger partial charge in [-0.1, -0.05) is 24.3 Å². The number of ether oxygens (including phenoxy) is 2. The predicted octanol–water partition coefficient (Wildman–Crippen LogP) is 4.43. The smallest absolute Gasteiger partial charge is 0.443 e. The number of nitrogens with one attached hydrogen (secondary N) is 2. The second-order valence-corrected chi connectivity index (χ2v) is 6.93. The van der Waals surface area contributed by atoms with Gasteiger partial charge in [0.2, 0.25) is 12.2 Å². The van der Waals surface area contributed by atoms with Crippen LogP contribution in [0, 0.1) is 0 Å². The maximum absolute atomic E-state index is 13.0. The fourth-order valence-corrected chi connectivity index (χ4v) is 3.10. The van der Waals surface area contributed by atoms with Crippen molar-refractivity contribution in [2.24, 2.45) is 0 Å². The van der Waals surface area contributed by atoms with Crippen molar-refractivity contribution in [2.45, 2.75) is 24.6 Å². The van der Waals surface area contributed by atoms with E-state index in [1.807, 2.05) is 0 Å². The Bertz CT molecular complexity index is 1190. The van der Waals surface area contributed by atoms with E-state index in [0.717, 1.165) is 0 Å². The molecule has 34 heavy (non-hydrogen) atoms. The third kappa shape index (κ3) is 4.65. The van der Waals surface area contributed by atoms with Crippen molar-refractivity contribution in [3.8, 4) is 0 Å². The first-order valence-corrected chi connectivity index (χ1v) is 9.38. The molecule has 2 aromatic carbocycles. The number of fused-ring (bicyclic) bond motifs is 2. The Morgan fingerprint density at radius 3 is 1.35 bits per heavy atom. The number of imidazole rings is 2. The van der Waals surface area contributed by atoms with Crippen LogP contribution >= 0.6 is 0 Å². The van der Waals surface area contributed by atoms with Crippen LogP contribution in [0.25, 0.3) is 22.1 Å². The molecule has 0 unspecified atom stereocenters. The normalized spacial score (nSPS) is 14.2. The van der Waals surface area contributed by atoms with Gasteiger partial charge in [-0.2, -0.15) is 26.3 Å². The number of benzene rings is 2. The summed E-state index contributed by atoms with van der Waals surface area (Å²) in [5, 5.41) is 0. The van der Waals surface area contributed by atoms with E-state index in [9.17, 15) is 35.9 Å². The molecule has 0 saturated carbocycles. The van der Waals surface area contributed by atoms with E-state index in [1.165, 1.54) is 24.3 Å². The number of hydrogen-bond donors (Lipinski definition) is 2. The number of rotatable bonds is 5. The second-order valence-electron chi connectivity index (χ2n) is 6.93. The fourth-order valence-electron chi connectivity index (χ4n) is 3.10. The van der Waals surface area contributed by atoms with Gasteiger partial charge in [0.05, 0.1) is 22.1 Å². The molecule has 8 nitrogen and oxygen atoms in total. The van der Waals surface area contributed by atoms with E-state index >= 15 is 0 Å². The van der Waals surface area contributed by atoms with Crippen LogP contribution in [-0.2, 0) is 19.1 Å². The summed E-state index contributed by atoms with van der Waals surface area (Å²) in [5.74, 6) is -6.47. The fraction of sp³-hybridized carbons (Fsp3) is 0.200. The number of carbonyl (C=O) groups excluding carboxylic acids is 2. The lowest BCUT2D eigenvalue weighted by atomic mass is 10.1. The number of H-pyrrole nitrogens is 2. The third-order valence-electron chi connectivity index (χ3n) is 4.56. The Morgan fingerprint density at radius 2 is 1.03 bits per heavy atom. The Hall–Kier alpha value is -4.10. The van der Waals surface area contributed by atoms with Gasteiger partial charge in [0.15, 0.2) is 11.6 Å². The molecule has 0 saturated heterocycles. The minimum atomic E-state index is -5.50. The summed E-state index contributed by atoms with van der Waals surface area (Å²) < 4.78 is 87.0. The van der Waals surface area contributed by atoms with Crippen molar-refractivity contribution in [1.82, 2.24) is 19.9 Å². The summed E-state index contributed by atoms with van der Waals surface area (Å²) in [6.45, 7) is 0. The molecule has 4 rings (SSSR count). The highest BCUT2D eigenvalue weighted by Gasteiger charge is 2.49. The van der Waals surface area contributed by atoms with Gasteiger partial charge in [-0.3, -0.25) is 0 Å². The molecule has 0 aliphatic heterocycles. The summed E-state index contributed by atoms with van der Waals surface area (Å²) in [7, 11) is 0. The zero-order valence-electron chi connectivity index (χ0n) is 16.6. The number of esters is 2. The first-order valence-electron chi connectivity index (χ1n) is 9.38. The lowest BCUT2D eigenvalue weighted by molar-refractivity contribution is -0.223. The number of aromatic amines is 2. The van der Waals surface area contributed by atoms with Gasteiger partial charge in [-0.05, 0) is 24.3 Å². The van der Waals surface area contributed by atoms with Crippen molar-refractivity contribution < 1.29 is 45.4 Å².